The third-order valence-electron chi connectivity index (χ3n) is 5.74. The second kappa shape index (κ2) is 17.1. The Morgan fingerprint density at radius 3 is 1.92 bits per heavy atom. The van der Waals surface area contributed by atoms with Crippen molar-refractivity contribution in [2.45, 2.75) is 33.1 Å². The number of carbonyl (C=O) groups is 2. The van der Waals surface area contributed by atoms with E-state index in [0.717, 1.165) is 59.0 Å². The first-order chi connectivity index (χ1) is 18.0. The number of carboxylic acid groups (broad SMARTS) is 1. The maximum Gasteiger partial charge on any atom is 0.303 e. The lowest BCUT2D eigenvalue weighted by Crippen LogP contribution is -2.27. The average Bonchev–Trinajstić information content (AvgIpc) is 2.93. The molecule has 5 nitrogen and oxygen atoms in total. The van der Waals surface area contributed by atoms with E-state index in [1.165, 1.54) is 0 Å². The van der Waals surface area contributed by atoms with E-state index in [2.05, 4.69) is 43.0 Å². The molecule has 0 aliphatic rings. The third kappa shape index (κ3) is 10.6. The number of unbranched alkanes of at least 4 members (excludes halogenated alkanes) is 1. The van der Waals surface area contributed by atoms with Gasteiger partial charge in [0.2, 0.25) is 0 Å². The van der Waals surface area contributed by atoms with Crippen molar-refractivity contribution in [3.05, 3.63) is 102 Å². The maximum atomic E-state index is 9.76. The van der Waals surface area contributed by atoms with Crippen LogP contribution in [0.15, 0.2) is 84.9 Å². The Morgan fingerprint density at radius 2 is 1.41 bits per heavy atom. The van der Waals surface area contributed by atoms with Gasteiger partial charge in [-0.1, -0.05) is 98.2 Å². The number of nitrogens with zero attached hydrogens (tertiary/aromatic N) is 1. The number of hydrogen-bond donors (Lipinski definition) is 1. The summed E-state index contributed by atoms with van der Waals surface area (Å²) in [5.74, 6) is 0.0380. The SMILES string of the molecule is CCN(CC)CCOc1ccc(/C(=C(\Cl)c2ccccc2)c2ccccc2)cc1.O=CCCCC(=O)O. The van der Waals surface area contributed by atoms with Crippen LogP contribution in [0.25, 0.3) is 10.6 Å². The highest BCUT2D eigenvalue weighted by molar-refractivity contribution is 6.53. The molecule has 0 spiro atoms. The van der Waals surface area contributed by atoms with Crippen molar-refractivity contribution < 1.29 is 19.4 Å². The van der Waals surface area contributed by atoms with Gasteiger partial charge in [0.05, 0.1) is 5.03 Å². The quantitative estimate of drug-likeness (QED) is 0.149. The summed E-state index contributed by atoms with van der Waals surface area (Å²) in [6.45, 7) is 8.05. The van der Waals surface area contributed by atoms with Gasteiger partial charge < -0.3 is 19.5 Å². The normalized spacial score (nSPS) is 11.2. The molecule has 0 heterocycles. The molecule has 37 heavy (non-hydrogen) atoms. The topological polar surface area (TPSA) is 66.8 Å². The number of rotatable bonds is 13. The van der Waals surface area contributed by atoms with E-state index in [9.17, 15) is 9.59 Å². The van der Waals surface area contributed by atoms with Crippen LogP contribution >= 0.6 is 11.6 Å². The average molecular weight is 522 g/mol. The highest BCUT2D eigenvalue weighted by atomic mass is 35.5. The van der Waals surface area contributed by atoms with Gasteiger partial charge in [-0.3, -0.25) is 4.79 Å². The predicted molar refractivity (Wildman–Crippen MR) is 152 cm³/mol. The lowest BCUT2D eigenvalue weighted by atomic mass is 9.95. The highest BCUT2D eigenvalue weighted by Crippen LogP contribution is 2.35. The van der Waals surface area contributed by atoms with Gasteiger partial charge in [-0.2, -0.15) is 0 Å². The molecule has 0 bridgehead atoms. The number of benzene rings is 3. The van der Waals surface area contributed by atoms with Crippen molar-refractivity contribution in [3.63, 3.8) is 0 Å². The fourth-order valence-corrected chi connectivity index (χ4v) is 3.98. The maximum absolute atomic E-state index is 9.76. The second-order valence-electron chi connectivity index (χ2n) is 8.27. The summed E-state index contributed by atoms with van der Waals surface area (Å²) in [5, 5.41) is 8.77. The smallest absolute Gasteiger partial charge is 0.303 e. The zero-order chi connectivity index (χ0) is 26.9. The molecule has 0 aliphatic heterocycles. The summed E-state index contributed by atoms with van der Waals surface area (Å²) in [6.07, 6.45) is 1.63. The Bertz CT molecular complexity index is 1100. The fourth-order valence-electron chi connectivity index (χ4n) is 3.64. The number of aliphatic carboxylic acids is 1. The molecule has 0 aromatic heterocycles. The van der Waals surface area contributed by atoms with Gasteiger partial charge in [0, 0.05) is 25.0 Å². The van der Waals surface area contributed by atoms with E-state index in [0.29, 0.717) is 19.4 Å². The zero-order valence-corrected chi connectivity index (χ0v) is 22.4. The number of likely N-dealkylation sites (N-methyl/N-ethyl adjacent to an activating group) is 1. The molecule has 3 aromatic rings. The summed E-state index contributed by atoms with van der Waals surface area (Å²) in [4.78, 5) is 21.7. The Balaban J connectivity index is 0.000000521. The first-order valence-electron chi connectivity index (χ1n) is 12.6. The number of ether oxygens (including phenoxy) is 1. The monoisotopic (exact) mass is 521 g/mol. The summed E-state index contributed by atoms with van der Waals surface area (Å²) >= 11 is 6.87. The van der Waals surface area contributed by atoms with E-state index >= 15 is 0 Å². The minimum atomic E-state index is -0.841. The first kappa shape index (κ1) is 29.8. The van der Waals surface area contributed by atoms with Gasteiger partial charge in [-0.25, -0.2) is 0 Å². The van der Waals surface area contributed by atoms with Crippen LogP contribution in [0.4, 0.5) is 0 Å². The molecule has 6 heteroatoms. The van der Waals surface area contributed by atoms with E-state index in [1.807, 2.05) is 60.7 Å². The van der Waals surface area contributed by atoms with Gasteiger partial charge in [0.1, 0.15) is 18.6 Å². The fraction of sp³-hybridized carbons (Fsp3) is 0.290. The van der Waals surface area contributed by atoms with Gasteiger partial charge in [-0.05, 0) is 48.3 Å². The summed E-state index contributed by atoms with van der Waals surface area (Å²) < 4.78 is 5.94. The molecular formula is C31H36ClNO4. The summed E-state index contributed by atoms with van der Waals surface area (Å²) in [6, 6.07) is 28.6. The van der Waals surface area contributed by atoms with Crippen LogP contribution in [0.3, 0.4) is 0 Å². The standard InChI is InChI=1S/C26H28ClNO.C5H8O3/c1-3-28(4-2)19-20-29-24-17-15-22(16-18-24)25(21-11-7-5-8-12-21)26(27)23-13-9-6-10-14-23;6-4-2-1-3-5(7)8/h5-18H,3-4,19-20H2,1-2H3;4H,1-3H2,(H,7,8)/b26-25-;. The van der Waals surface area contributed by atoms with Crippen LogP contribution < -0.4 is 4.74 Å². The van der Waals surface area contributed by atoms with Crippen molar-refractivity contribution in [2.24, 2.45) is 0 Å². The van der Waals surface area contributed by atoms with E-state index in [4.69, 9.17) is 21.4 Å². The lowest BCUT2D eigenvalue weighted by molar-refractivity contribution is -0.137. The minimum absolute atomic E-state index is 0.0960. The molecule has 0 amide bonds. The molecule has 1 N–H and O–H groups in total. The Labute approximate surface area is 225 Å². The van der Waals surface area contributed by atoms with Crippen LogP contribution in [-0.2, 0) is 9.59 Å². The Morgan fingerprint density at radius 1 is 0.865 bits per heavy atom. The third-order valence-corrected chi connectivity index (χ3v) is 6.14. The molecular weight excluding hydrogens is 486 g/mol. The molecule has 0 fully saturated rings. The number of carbonyl (C=O) groups excluding carboxylic acids is 1. The molecule has 3 rings (SSSR count). The van der Waals surface area contributed by atoms with Crippen LogP contribution in [0, 0.1) is 0 Å². The molecule has 0 unspecified atom stereocenters. The van der Waals surface area contributed by atoms with Crippen molar-refractivity contribution in [2.75, 3.05) is 26.2 Å². The van der Waals surface area contributed by atoms with Crippen molar-refractivity contribution in [1.29, 1.82) is 0 Å². The predicted octanol–water partition coefficient (Wildman–Crippen LogP) is 7.00. The van der Waals surface area contributed by atoms with Crippen LogP contribution in [0.1, 0.15) is 49.8 Å². The second-order valence-corrected chi connectivity index (χ2v) is 8.65. The molecule has 196 valence electrons. The molecule has 0 atom stereocenters. The van der Waals surface area contributed by atoms with Crippen LogP contribution in [-0.4, -0.2) is 48.5 Å². The summed E-state index contributed by atoms with van der Waals surface area (Å²) in [7, 11) is 0. The lowest BCUT2D eigenvalue weighted by Gasteiger charge is -2.18. The van der Waals surface area contributed by atoms with Crippen LogP contribution in [0.5, 0.6) is 5.75 Å². The summed E-state index contributed by atoms with van der Waals surface area (Å²) in [5.41, 5.74) is 4.19. The van der Waals surface area contributed by atoms with Crippen LogP contribution in [0.2, 0.25) is 0 Å². The van der Waals surface area contributed by atoms with Crippen molar-refractivity contribution >= 4 is 34.5 Å². The van der Waals surface area contributed by atoms with Crippen molar-refractivity contribution in [1.82, 2.24) is 4.90 Å². The number of hydrogen-bond acceptors (Lipinski definition) is 4. The number of halogens is 1. The van der Waals surface area contributed by atoms with Gasteiger partial charge >= 0.3 is 5.97 Å². The van der Waals surface area contributed by atoms with E-state index < -0.39 is 5.97 Å². The highest BCUT2D eigenvalue weighted by Gasteiger charge is 2.12. The molecule has 3 aromatic carbocycles. The number of aldehydes is 1. The van der Waals surface area contributed by atoms with Gasteiger partial charge in [0.25, 0.3) is 0 Å². The minimum Gasteiger partial charge on any atom is -0.492 e. The molecule has 0 saturated carbocycles. The van der Waals surface area contributed by atoms with E-state index in [1.54, 1.807) is 0 Å². The molecule has 0 radical (unpaired) electrons. The van der Waals surface area contributed by atoms with E-state index in [-0.39, 0.29) is 6.42 Å². The molecule has 0 saturated heterocycles. The number of carboxylic acids is 1. The zero-order valence-electron chi connectivity index (χ0n) is 21.6. The Kier molecular flexibility index (Phi) is 13.8. The first-order valence-corrected chi connectivity index (χ1v) is 13.0. The van der Waals surface area contributed by atoms with Gasteiger partial charge in [-0.15, -0.1) is 0 Å². The molecule has 0 aliphatic carbocycles. The largest absolute Gasteiger partial charge is 0.492 e. The Hall–Kier alpha value is -3.41. The van der Waals surface area contributed by atoms with Gasteiger partial charge in [0.15, 0.2) is 0 Å². The van der Waals surface area contributed by atoms with Crippen molar-refractivity contribution in [3.8, 4) is 5.75 Å².